The Labute approximate surface area is 114 Å². The van der Waals surface area contributed by atoms with Crippen LogP contribution in [0.5, 0.6) is 0 Å². The monoisotopic (exact) mass is 292 g/mol. The number of aliphatic carboxylic acids is 4. The average molecular weight is 292 g/mol. The summed E-state index contributed by atoms with van der Waals surface area (Å²) >= 11 is 0. The van der Waals surface area contributed by atoms with Gasteiger partial charge in [-0.1, -0.05) is 6.92 Å². The molecule has 0 spiro atoms. The highest BCUT2D eigenvalue weighted by atomic mass is 16.4. The standard InChI is InChI=1S/C11H17NO8/c1-2-3-7(11(19)20)12(4-8(13)14,5-9(15)16)6-10(17)18/h7H,2-6H2,1H3,(H3-,13,14,15,16,17,18,19,20)/p+1. The molecule has 0 radical (unpaired) electrons. The van der Waals surface area contributed by atoms with Gasteiger partial charge in [0.25, 0.3) is 0 Å². The van der Waals surface area contributed by atoms with Crippen LogP contribution < -0.4 is 0 Å². The molecule has 0 aromatic heterocycles. The van der Waals surface area contributed by atoms with Gasteiger partial charge in [0.15, 0.2) is 25.7 Å². The maximum atomic E-state index is 11.3. The molecule has 20 heavy (non-hydrogen) atoms. The van der Waals surface area contributed by atoms with Gasteiger partial charge in [-0.2, -0.15) is 0 Å². The smallest absolute Gasteiger partial charge is 0.362 e. The molecule has 0 saturated carbocycles. The fourth-order valence-corrected chi connectivity index (χ4v) is 2.21. The summed E-state index contributed by atoms with van der Waals surface area (Å²) in [5.74, 6) is -5.75. The number of hydrogen-bond donors (Lipinski definition) is 4. The van der Waals surface area contributed by atoms with E-state index in [1.54, 1.807) is 6.92 Å². The molecule has 0 fully saturated rings. The quantitative estimate of drug-likeness (QED) is 0.386. The Morgan fingerprint density at radius 2 is 1.20 bits per heavy atom. The summed E-state index contributed by atoms with van der Waals surface area (Å²) in [6.45, 7) is -0.992. The van der Waals surface area contributed by atoms with Crippen molar-refractivity contribution in [2.75, 3.05) is 19.6 Å². The molecule has 0 aromatic rings. The van der Waals surface area contributed by atoms with E-state index in [4.69, 9.17) is 15.3 Å². The first-order valence-electron chi connectivity index (χ1n) is 5.88. The third-order valence-electron chi connectivity index (χ3n) is 2.86. The zero-order valence-electron chi connectivity index (χ0n) is 11.0. The van der Waals surface area contributed by atoms with Crippen molar-refractivity contribution < 1.29 is 44.1 Å². The van der Waals surface area contributed by atoms with Crippen LogP contribution in [0, 0.1) is 0 Å². The normalized spacial score (nSPS) is 12.7. The number of carboxylic acid groups (broad SMARTS) is 4. The lowest BCUT2D eigenvalue weighted by Crippen LogP contribution is -2.64. The number of quaternary nitrogens is 1. The van der Waals surface area contributed by atoms with Crippen LogP contribution in [-0.4, -0.2) is 74.5 Å². The average Bonchev–Trinajstić information content (AvgIpc) is 2.21. The summed E-state index contributed by atoms with van der Waals surface area (Å²) in [6, 6.07) is -1.40. The molecule has 0 amide bonds. The molecule has 0 aliphatic rings. The number of carboxylic acids is 4. The molecule has 1 unspecified atom stereocenters. The molecule has 114 valence electrons. The largest absolute Gasteiger partial charge is 0.477 e. The van der Waals surface area contributed by atoms with Crippen molar-refractivity contribution in [1.82, 2.24) is 0 Å². The van der Waals surface area contributed by atoms with Crippen LogP contribution in [0.15, 0.2) is 0 Å². The molecule has 0 bridgehead atoms. The summed E-state index contributed by atoms with van der Waals surface area (Å²) < 4.78 is -1.05. The van der Waals surface area contributed by atoms with Crippen LogP contribution in [0.4, 0.5) is 0 Å². The number of nitrogens with zero attached hydrogens (tertiary/aromatic N) is 1. The fraction of sp³-hybridized carbons (Fsp3) is 0.636. The first-order chi connectivity index (χ1) is 9.14. The highest BCUT2D eigenvalue weighted by Crippen LogP contribution is 2.19. The Kier molecular flexibility index (Phi) is 6.63. The summed E-state index contributed by atoms with van der Waals surface area (Å²) in [5.41, 5.74) is 0. The van der Waals surface area contributed by atoms with Crippen LogP contribution in [0.1, 0.15) is 19.8 Å². The predicted molar refractivity (Wildman–Crippen MR) is 64.1 cm³/mol. The topological polar surface area (TPSA) is 149 Å². The summed E-state index contributed by atoms with van der Waals surface area (Å²) in [5, 5.41) is 35.8. The van der Waals surface area contributed by atoms with Crippen LogP contribution in [-0.2, 0) is 19.2 Å². The van der Waals surface area contributed by atoms with E-state index in [1.165, 1.54) is 0 Å². The van der Waals surface area contributed by atoms with E-state index in [9.17, 15) is 24.3 Å². The van der Waals surface area contributed by atoms with Crippen LogP contribution in [0.3, 0.4) is 0 Å². The molecule has 0 aromatic carbocycles. The predicted octanol–water partition coefficient (Wildman–Crippen LogP) is -0.690. The zero-order valence-corrected chi connectivity index (χ0v) is 11.0. The highest BCUT2D eigenvalue weighted by molar-refractivity contribution is 5.77. The number of hydrogen-bond acceptors (Lipinski definition) is 4. The second-order valence-corrected chi connectivity index (χ2v) is 4.52. The van der Waals surface area contributed by atoms with E-state index in [1.807, 2.05) is 0 Å². The third kappa shape index (κ3) is 5.22. The molecule has 9 heteroatoms. The van der Waals surface area contributed by atoms with Gasteiger partial charge >= 0.3 is 23.9 Å². The Morgan fingerprint density at radius 3 is 1.40 bits per heavy atom. The van der Waals surface area contributed by atoms with E-state index in [0.29, 0.717) is 6.42 Å². The highest BCUT2D eigenvalue weighted by Gasteiger charge is 2.46. The Balaban J connectivity index is 5.74. The molecule has 0 aliphatic carbocycles. The molecular weight excluding hydrogens is 274 g/mol. The van der Waals surface area contributed by atoms with E-state index >= 15 is 0 Å². The molecule has 0 rings (SSSR count). The molecule has 1 atom stereocenters. The van der Waals surface area contributed by atoms with Gasteiger partial charge in [-0.15, -0.1) is 0 Å². The summed E-state index contributed by atoms with van der Waals surface area (Å²) in [4.78, 5) is 44.0. The van der Waals surface area contributed by atoms with Gasteiger partial charge in [-0.05, 0) is 6.42 Å². The Hall–Kier alpha value is -2.16. The van der Waals surface area contributed by atoms with Crippen molar-refractivity contribution in [1.29, 1.82) is 0 Å². The molecule has 4 N–H and O–H groups in total. The number of carbonyl (C=O) groups is 4. The maximum absolute atomic E-state index is 11.3. The van der Waals surface area contributed by atoms with Crippen LogP contribution >= 0.6 is 0 Å². The molecule has 0 aliphatic heterocycles. The van der Waals surface area contributed by atoms with Gasteiger partial charge in [-0.3, -0.25) is 4.48 Å². The molecule has 0 saturated heterocycles. The Morgan fingerprint density at radius 1 is 0.850 bits per heavy atom. The van der Waals surface area contributed by atoms with Gasteiger partial charge in [0, 0.05) is 6.42 Å². The van der Waals surface area contributed by atoms with Gasteiger partial charge in [-0.25, -0.2) is 19.2 Å². The second kappa shape index (κ2) is 7.43. The van der Waals surface area contributed by atoms with Gasteiger partial charge in [0.05, 0.1) is 0 Å². The van der Waals surface area contributed by atoms with Gasteiger partial charge in [0.1, 0.15) is 0 Å². The second-order valence-electron chi connectivity index (χ2n) is 4.52. The molecule has 0 heterocycles. The van der Waals surface area contributed by atoms with Crippen LogP contribution in [0.25, 0.3) is 0 Å². The van der Waals surface area contributed by atoms with Crippen molar-refractivity contribution in [3.8, 4) is 0 Å². The Bertz CT molecular complexity index is 364. The minimum Gasteiger partial charge on any atom is -0.477 e. The lowest BCUT2D eigenvalue weighted by molar-refractivity contribution is -0.923. The molecule has 9 nitrogen and oxygen atoms in total. The van der Waals surface area contributed by atoms with Crippen molar-refractivity contribution in [3.05, 3.63) is 0 Å². The zero-order chi connectivity index (χ0) is 15.9. The van der Waals surface area contributed by atoms with E-state index in [0.717, 1.165) is 0 Å². The van der Waals surface area contributed by atoms with E-state index in [-0.39, 0.29) is 6.42 Å². The first-order valence-corrected chi connectivity index (χ1v) is 5.88. The third-order valence-corrected chi connectivity index (χ3v) is 2.86. The van der Waals surface area contributed by atoms with E-state index < -0.39 is 54.0 Å². The summed E-state index contributed by atoms with van der Waals surface area (Å²) in [7, 11) is 0. The van der Waals surface area contributed by atoms with Gasteiger partial charge in [0.2, 0.25) is 0 Å². The SMILES string of the molecule is CCCC(C(=O)O)[N+](CC(=O)O)(CC(=O)O)CC(=O)O. The first kappa shape index (κ1) is 17.8. The van der Waals surface area contributed by atoms with Crippen molar-refractivity contribution in [2.45, 2.75) is 25.8 Å². The van der Waals surface area contributed by atoms with Crippen molar-refractivity contribution in [3.63, 3.8) is 0 Å². The fourth-order valence-electron chi connectivity index (χ4n) is 2.21. The lowest BCUT2D eigenvalue weighted by Gasteiger charge is -2.39. The van der Waals surface area contributed by atoms with Crippen molar-refractivity contribution in [2.24, 2.45) is 0 Å². The summed E-state index contributed by atoms with van der Waals surface area (Å²) in [6.07, 6.45) is 0.346. The number of rotatable bonds is 10. The maximum Gasteiger partial charge on any atom is 0.362 e. The van der Waals surface area contributed by atoms with Crippen molar-refractivity contribution >= 4 is 23.9 Å². The minimum atomic E-state index is -1.45. The lowest BCUT2D eigenvalue weighted by atomic mass is 10.1. The van der Waals surface area contributed by atoms with Gasteiger partial charge < -0.3 is 20.4 Å². The van der Waals surface area contributed by atoms with E-state index in [2.05, 4.69) is 0 Å². The molecular formula is C11H18NO8+. The van der Waals surface area contributed by atoms with Crippen LogP contribution in [0.2, 0.25) is 0 Å². The minimum absolute atomic E-state index is 0.0107.